The van der Waals surface area contributed by atoms with E-state index in [-0.39, 0.29) is 24.9 Å². The van der Waals surface area contributed by atoms with Gasteiger partial charge in [0.1, 0.15) is 22.1 Å². The van der Waals surface area contributed by atoms with Gasteiger partial charge in [-0.1, -0.05) is 12.8 Å². The summed E-state index contributed by atoms with van der Waals surface area (Å²) in [6.07, 6.45) is 4.17. The van der Waals surface area contributed by atoms with Gasteiger partial charge in [0.25, 0.3) is 5.56 Å². The van der Waals surface area contributed by atoms with Crippen molar-refractivity contribution in [1.29, 1.82) is 0 Å². The maximum absolute atomic E-state index is 12.6. The molecule has 2 aromatic rings. The van der Waals surface area contributed by atoms with Gasteiger partial charge in [0, 0.05) is 6.54 Å². The smallest absolute Gasteiger partial charge is 0.348 e. The van der Waals surface area contributed by atoms with Gasteiger partial charge >= 0.3 is 5.97 Å². The maximum atomic E-state index is 12.6. The van der Waals surface area contributed by atoms with Crippen LogP contribution in [0.2, 0.25) is 0 Å². The van der Waals surface area contributed by atoms with Crippen LogP contribution < -0.4 is 5.56 Å². The number of H-pyrrole nitrogens is 1. The number of aliphatic hydroxyl groups excluding tert-OH is 1. The number of aliphatic hydroxyl groups is 1. The van der Waals surface area contributed by atoms with Gasteiger partial charge < -0.3 is 19.6 Å². The number of aromatic nitrogens is 2. The predicted octanol–water partition coefficient (Wildman–Crippen LogP) is 1.69. The molecule has 0 aliphatic rings. The quantitative estimate of drug-likeness (QED) is 0.342. The second-order valence-electron chi connectivity index (χ2n) is 6.90. The Morgan fingerprint density at radius 2 is 2.17 bits per heavy atom. The Balaban J connectivity index is 2.20. The topological polar surface area (TPSA) is 105 Å². The van der Waals surface area contributed by atoms with Crippen LogP contribution in [-0.2, 0) is 16.0 Å². The maximum Gasteiger partial charge on any atom is 0.348 e. The summed E-state index contributed by atoms with van der Waals surface area (Å²) >= 11 is 1.15. The summed E-state index contributed by atoms with van der Waals surface area (Å²) in [5.74, 6) is 2.36. The van der Waals surface area contributed by atoms with Crippen molar-refractivity contribution in [3.63, 3.8) is 0 Å². The third-order valence-electron chi connectivity index (χ3n) is 4.16. The van der Waals surface area contributed by atoms with Gasteiger partial charge in [0.15, 0.2) is 0 Å². The number of esters is 1. The first-order chi connectivity index (χ1) is 13.8. The number of hydrogen-bond donors (Lipinski definition) is 2. The van der Waals surface area contributed by atoms with E-state index in [0.29, 0.717) is 46.1 Å². The lowest BCUT2D eigenvalue weighted by atomic mass is 10.2. The van der Waals surface area contributed by atoms with E-state index in [9.17, 15) is 14.7 Å². The molecule has 8 nitrogen and oxygen atoms in total. The van der Waals surface area contributed by atoms with Gasteiger partial charge in [-0.2, -0.15) is 0 Å². The molecule has 0 radical (unpaired) electrons. The molecule has 0 aliphatic carbocycles. The highest BCUT2D eigenvalue weighted by molar-refractivity contribution is 7.20. The first-order valence-corrected chi connectivity index (χ1v) is 10.2. The minimum Gasteiger partial charge on any atom is -0.459 e. The summed E-state index contributed by atoms with van der Waals surface area (Å²) in [6, 6.07) is 0. The average Bonchev–Trinajstić information content (AvgIpc) is 2.98. The van der Waals surface area contributed by atoms with Crippen molar-refractivity contribution < 1.29 is 19.4 Å². The molecule has 2 aromatic heterocycles. The van der Waals surface area contributed by atoms with Gasteiger partial charge in [-0.15, -0.1) is 17.8 Å². The summed E-state index contributed by atoms with van der Waals surface area (Å²) in [5.41, 5.74) is 0.278. The van der Waals surface area contributed by atoms with E-state index in [2.05, 4.69) is 15.9 Å². The number of ether oxygens (including phenoxy) is 2. The highest BCUT2D eigenvalue weighted by atomic mass is 32.1. The van der Waals surface area contributed by atoms with Crippen LogP contribution in [0.5, 0.6) is 0 Å². The molecule has 0 fully saturated rings. The second-order valence-corrected chi connectivity index (χ2v) is 7.90. The first-order valence-electron chi connectivity index (χ1n) is 9.41. The lowest BCUT2D eigenvalue weighted by molar-refractivity contribution is 0.0267. The molecule has 2 N–H and O–H groups in total. The molecule has 2 heterocycles. The Hall–Kier alpha value is -2.25. The standard InChI is InChI=1S/C20H27N3O5S/c1-6-8-27-11-14(24)9-23(7-2)10-15-21-18(25)16-13(5)17(29-19(16)22-15)20(26)28-12(3)4/h1,12,14,24H,7-11H2,2-5H3,(H,21,22,25)/t14-/m0/s1. The molecule has 1 atom stereocenters. The number of aryl methyl sites for hydroxylation is 1. The van der Waals surface area contributed by atoms with Crippen molar-refractivity contribution in [2.45, 2.75) is 46.4 Å². The molecular weight excluding hydrogens is 394 g/mol. The zero-order valence-electron chi connectivity index (χ0n) is 17.2. The number of fused-ring (bicyclic) bond motifs is 1. The summed E-state index contributed by atoms with van der Waals surface area (Å²) < 4.78 is 10.4. The Bertz CT molecular complexity index is 944. The summed E-state index contributed by atoms with van der Waals surface area (Å²) in [6.45, 7) is 8.82. The number of carbonyl (C=O) groups is 1. The van der Waals surface area contributed by atoms with Crippen molar-refractivity contribution in [3.8, 4) is 12.3 Å². The van der Waals surface area contributed by atoms with Gasteiger partial charge in [0.2, 0.25) is 0 Å². The van der Waals surface area contributed by atoms with Crippen molar-refractivity contribution in [3.05, 3.63) is 26.6 Å². The zero-order chi connectivity index (χ0) is 21.6. The lowest BCUT2D eigenvalue weighted by Crippen LogP contribution is -2.35. The van der Waals surface area contributed by atoms with Crippen LogP contribution in [0.3, 0.4) is 0 Å². The molecule has 9 heteroatoms. The number of rotatable bonds is 10. The van der Waals surface area contributed by atoms with Gasteiger partial charge in [0.05, 0.1) is 30.7 Å². The van der Waals surface area contributed by atoms with Crippen molar-refractivity contribution >= 4 is 27.5 Å². The van der Waals surface area contributed by atoms with Crippen molar-refractivity contribution in [2.24, 2.45) is 0 Å². The first kappa shape index (κ1) is 23.0. The number of hydrogen-bond acceptors (Lipinski definition) is 8. The Morgan fingerprint density at radius 1 is 1.45 bits per heavy atom. The van der Waals surface area contributed by atoms with E-state index in [1.165, 1.54) is 0 Å². The molecule has 0 aliphatic heterocycles. The Morgan fingerprint density at radius 3 is 2.79 bits per heavy atom. The zero-order valence-corrected chi connectivity index (χ0v) is 18.0. The molecule has 0 bridgehead atoms. The fourth-order valence-electron chi connectivity index (χ4n) is 2.85. The largest absolute Gasteiger partial charge is 0.459 e. The lowest BCUT2D eigenvalue weighted by Gasteiger charge is -2.22. The van der Waals surface area contributed by atoms with E-state index >= 15 is 0 Å². The SMILES string of the molecule is C#CCOC[C@@H](O)CN(CC)Cc1nc2sc(C(=O)OC(C)C)c(C)c2c(=O)[nH]1. The molecule has 0 unspecified atom stereocenters. The number of nitrogens with one attached hydrogen (secondary N) is 1. The van der Waals surface area contributed by atoms with Gasteiger partial charge in [-0.25, -0.2) is 9.78 Å². The fraction of sp³-hybridized carbons (Fsp3) is 0.550. The number of likely N-dealkylation sites (N-methyl/N-ethyl adjacent to an activating group) is 1. The predicted molar refractivity (Wildman–Crippen MR) is 112 cm³/mol. The normalized spacial score (nSPS) is 12.5. The van der Waals surface area contributed by atoms with Crippen LogP contribution in [0, 0.1) is 19.3 Å². The van der Waals surface area contributed by atoms with E-state index < -0.39 is 12.1 Å². The summed E-state index contributed by atoms with van der Waals surface area (Å²) in [4.78, 5) is 35.0. The molecule has 158 valence electrons. The molecular formula is C20H27N3O5S. The van der Waals surface area contributed by atoms with E-state index in [1.807, 2.05) is 11.8 Å². The molecule has 2 rings (SSSR count). The van der Waals surface area contributed by atoms with Crippen LogP contribution in [0.4, 0.5) is 0 Å². The minimum absolute atomic E-state index is 0.134. The van der Waals surface area contributed by atoms with Crippen molar-refractivity contribution in [1.82, 2.24) is 14.9 Å². The monoisotopic (exact) mass is 421 g/mol. The average molecular weight is 422 g/mol. The Kier molecular flexibility index (Phi) is 8.34. The number of terminal acetylenes is 1. The fourth-order valence-corrected chi connectivity index (χ4v) is 3.93. The molecule has 0 saturated heterocycles. The van der Waals surface area contributed by atoms with E-state index in [4.69, 9.17) is 15.9 Å². The third-order valence-corrected chi connectivity index (χ3v) is 5.33. The Labute approximate surface area is 173 Å². The third kappa shape index (κ3) is 6.11. The molecule has 0 saturated carbocycles. The van der Waals surface area contributed by atoms with Crippen LogP contribution in [-0.4, -0.2) is 64.5 Å². The van der Waals surface area contributed by atoms with Gasteiger partial charge in [-0.3, -0.25) is 9.69 Å². The number of carbonyl (C=O) groups excluding carboxylic acids is 1. The van der Waals surface area contributed by atoms with Crippen molar-refractivity contribution in [2.75, 3.05) is 26.3 Å². The summed E-state index contributed by atoms with van der Waals surface area (Å²) in [5, 5.41) is 10.5. The number of aromatic amines is 1. The highest BCUT2D eigenvalue weighted by Crippen LogP contribution is 2.28. The number of thiophene rings is 1. The minimum atomic E-state index is -0.708. The van der Waals surface area contributed by atoms with Crippen LogP contribution in [0.15, 0.2) is 4.79 Å². The van der Waals surface area contributed by atoms with Crippen LogP contribution in [0.1, 0.15) is 41.8 Å². The van der Waals surface area contributed by atoms with E-state index in [1.54, 1.807) is 20.8 Å². The van der Waals surface area contributed by atoms with E-state index in [0.717, 1.165) is 11.3 Å². The second kappa shape index (κ2) is 10.5. The van der Waals surface area contributed by atoms with Crippen LogP contribution in [0.25, 0.3) is 10.2 Å². The molecule has 0 aromatic carbocycles. The summed E-state index contributed by atoms with van der Waals surface area (Å²) in [7, 11) is 0. The molecule has 29 heavy (non-hydrogen) atoms. The molecule has 0 spiro atoms. The van der Waals surface area contributed by atoms with Crippen LogP contribution >= 0.6 is 11.3 Å². The highest BCUT2D eigenvalue weighted by Gasteiger charge is 2.21. The van der Waals surface area contributed by atoms with Gasteiger partial charge in [-0.05, 0) is 32.9 Å². The molecule has 0 amide bonds. The number of nitrogens with zero attached hydrogens (tertiary/aromatic N) is 2.